The zero-order valence-electron chi connectivity index (χ0n) is 14.0. The molecule has 0 atom stereocenters. The highest BCUT2D eigenvalue weighted by molar-refractivity contribution is 8.00. The highest BCUT2D eigenvalue weighted by atomic mass is 32.2. The number of benzene rings is 2. The Labute approximate surface area is 147 Å². The highest BCUT2D eigenvalue weighted by Crippen LogP contribution is 2.29. The van der Waals surface area contributed by atoms with Crippen LogP contribution in [0.4, 0.5) is 5.82 Å². The van der Waals surface area contributed by atoms with Crippen molar-refractivity contribution in [3.63, 3.8) is 0 Å². The molecular formula is C20H20N2OS. The Morgan fingerprint density at radius 1 is 0.958 bits per heavy atom. The SMILES string of the molecule is COc1ccc(-c2ccc(SNc3cccc(C)n3)cc2)c(C)c1. The Kier molecular flexibility index (Phi) is 5.06. The number of nitrogens with zero attached hydrogens (tertiary/aromatic N) is 1. The van der Waals surface area contributed by atoms with E-state index in [1.54, 1.807) is 19.1 Å². The molecule has 0 aliphatic heterocycles. The van der Waals surface area contributed by atoms with Gasteiger partial charge in [0, 0.05) is 10.6 Å². The zero-order chi connectivity index (χ0) is 16.9. The lowest BCUT2D eigenvalue weighted by Gasteiger charge is -2.10. The zero-order valence-corrected chi connectivity index (χ0v) is 14.9. The maximum atomic E-state index is 5.27. The van der Waals surface area contributed by atoms with Crippen LogP contribution in [-0.4, -0.2) is 12.1 Å². The fourth-order valence-corrected chi connectivity index (χ4v) is 3.11. The molecule has 0 fully saturated rings. The molecule has 122 valence electrons. The van der Waals surface area contributed by atoms with Gasteiger partial charge in [-0.15, -0.1) is 0 Å². The topological polar surface area (TPSA) is 34.1 Å². The maximum absolute atomic E-state index is 5.27. The van der Waals surface area contributed by atoms with E-state index in [0.717, 1.165) is 22.2 Å². The van der Waals surface area contributed by atoms with Gasteiger partial charge in [0.1, 0.15) is 11.6 Å². The van der Waals surface area contributed by atoms with Crippen molar-refractivity contribution in [2.24, 2.45) is 0 Å². The lowest BCUT2D eigenvalue weighted by molar-refractivity contribution is 0.414. The Morgan fingerprint density at radius 2 is 1.75 bits per heavy atom. The molecule has 1 heterocycles. The van der Waals surface area contributed by atoms with Gasteiger partial charge in [-0.05, 0) is 78.9 Å². The van der Waals surface area contributed by atoms with Gasteiger partial charge in [-0.25, -0.2) is 4.98 Å². The molecule has 2 aromatic carbocycles. The van der Waals surface area contributed by atoms with Gasteiger partial charge in [0.2, 0.25) is 0 Å². The fourth-order valence-electron chi connectivity index (χ4n) is 2.50. The molecule has 0 amide bonds. The number of pyridine rings is 1. The number of rotatable bonds is 5. The maximum Gasteiger partial charge on any atom is 0.136 e. The van der Waals surface area contributed by atoms with Crippen molar-refractivity contribution in [3.8, 4) is 16.9 Å². The van der Waals surface area contributed by atoms with Crippen molar-refractivity contribution in [2.75, 3.05) is 11.8 Å². The van der Waals surface area contributed by atoms with Crippen LogP contribution >= 0.6 is 11.9 Å². The number of hydrogen-bond acceptors (Lipinski definition) is 4. The lowest BCUT2D eigenvalue weighted by Crippen LogP contribution is -1.91. The second-order valence-electron chi connectivity index (χ2n) is 5.57. The summed E-state index contributed by atoms with van der Waals surface area (Å²) in [6.45, 7) is 4.09. The molecule has 0 aliphatic carbocycles. The van der Waals surface area contributed by atoms with E-state index in [1.807, 2.05) is 31.2 Å². The van der Waals surface area contributed by atoms with Gasteiger partial charge in [0.05, 0.1) is 7.11 Å². The molecule has 0 saturated heterocycles. The average Bonchev–Trinajstić information content (AvgIpc) is 2.60. The van der Waals surface area contributed by atoms with Crippen molar-refractivity contribution in [2.45, 2.75) is 18.7 Å². The summed E-state index contributed by atoms with van der Waals surface area (Å²) in [7, 11) is 1.69. The van der Waals surface area contributed by atoms with Crippen LogP contribution in [0.3, 0.4) is 0 Å². The van der Waals surface area contributed by atoms with Crippen molar-refractivity contribution < 1.29 is 4.74 Å². The highest BCUT2D eigenvalue weighted by Gasteiger charge is 2.04. The molecule has 0 bridgehead atoms. The van der Waals surface area contributed by atoms with Crippen molar-refractivity contribution in [3.05, 3.63) is 71.9 Å². The first-order chi connectivity index (χ1) is 11.7. The van der Waals surface area contributed by atoms with E-state index in [1.165, 1.54) is 16.7 Å². The van der Waals surface area contributed by atoms with Crippen LogP contribution in [0.1, 0.15) is 11.3 Å². The smallest absolute Gasteiger partial charge is 0.136 e. The first-order valence-corrected chi connectivity index (χ1v) is 8.59. The van der Waals surface area contributed by atoms with Crippen LogP contribution in [0.5, 0.6) is 5.75 Å². The summed E-state index contributed by atoms with van der Waals surface area (Å²) in [4.78, 5) is 5.58. The summed E-state index contributed by atoms with van der Waals surface area (Å²) in [5, 5.41) is 0. The van der Waals surface area contributed by atoms with Crippen LogP contribution in [0, 0.1) is 13.8 Å². The molecule has 0 unspecified atom stereocenters. The summed E-state index contributed by atoms with van der Waals surface area (Å²) >= 11 is 1.56. The summed E-state index contributed by atoms with van der Waals surface area (Å²) in [5.74, 6) is 1.76. The predicted molar refractivity (Wildman–Crippen MR) is 102 cm³/mol. The Bertz CT molecular complexity index is 831. The second kappa shape index (κ2) is 7.41. The molecule has 3 aromatic rings. The molecule has 0 spiro atoms. The van der Waals surface area contributed by atoms with Crippen LogP contribution < -0.4 is 9.46 Å². The average molecular weight is 336 g/mol. The monoisotopic (exact) mass is 336 g/mol. The Hall–Kier alpha value is -2.46. The summed E-state index contributed by atoms with van der Waals surface area (Å²) in [6.07, 6.45) is 0. The van der Waals surface area contributed by atoms with Gasteiger partial charge in [-0.1, -0.05) is 24.3 Å². The van der Waals surface area contributed by atoms with Crippen LogP contribution in [-0.2, 0) is 0 Å². The van der Waals surface area contributed by atoms with E-state index in [9.17, 15) is 0 Å². The largest absolute Gasteiger partial charge is 0.497 e. The number of nitrogens with one attached hydrogen (secondary N) is 1. The minimum atomic E-state index is 0.870. The summed E-state index contributed by atoms with van der Waals surface area (Å²) in [6, 6.07) is 20.6. The molecular weight excluding hydrogens is 316 g/mol. The van der Waals surface area contributed by atoms with Crippen LogP contribution in [0.2, 0.25) is 0 Å². The molecule has 1 N–H and O–H groups in total. The third kappa shape index (κ3) is 3.89. The van der Waals surface area contributed by atoms with E-state index in [4.69, 9.17) is 4.74 Å². The number of hydrogen-bond donors (Lipinski definition) is 1. The first kappa shape index (κ1) is 16.4. The van der Waals surface area contributed by atoms with Crippen LogP contribution in [0.15, 0.2) is 65.6 Å². The third-order valence-corrected chi connectivity index (χ3v) is 4.58. The van der Waals surface area contributed by atoms with E-state index in [0.29, 0.717) is 0 Å². The van der Waals surface area contributed by atoms with E-state index in [2.05, 4.69) is 53.0 Å². The number of aryl methyl sites for hydroxylation is 2. The number of anilines is 1. The third-order valence-electron chi connectivity index (χ3n) is 3.76. The summed E-state index contributed by atoms with van der Waals surface area (Å²) < 4.78 is 8.55. The molecule has 24 heavy (non-hydrogen) atoms. The first-order valence-electron chi connectivity index (χ1n) is 7.77. The van der Waals surface area contributed by atoms with Gasteiger partial charge >= 0.3 is 0 Å². The number of aromatic nitrogens is 1. The van der Waals surface area contributed by atoms with Crippen molar-refractivity contribution >= 4 is 17.8 Å². The predicted octanol–water partition coefficient (Wildman–Crippen LogP) is 5.49. The number of methoxy groups -OCH3 is 1. The van der Waals surface area contributed by atoms with Crippen molar-refractivity contribution in [1.29, 1.82) is 0 Å². The van der Waals surface area contributed by atoms with Gasteiger partial charge < -0.3 is 9.46 Å². The number of ether oxygens (including phenoxy) is 1. The normalized spacial score (nSPS) is 10.5. The van der Waals surface area contributed by atoms with E-state index >= 15 is 0 Å². The van der Waals surface area contributed by atoms with Crippen molar-refractivity contribution in [1.82, 2.24) is 4.98 Å². The van der Waals surface area contributed by atoms with E-state index < -0.39 is 0 Å². The molecule has 0 radical (unpaired) electrons. The van der Waals surface area contributed by atoms with Crippen LogP contribution in [0.25, 0.3) is 11.1 Å². The standard InChI is InChI=1S/C20H20N2OS/c1-14-13-17(23-3)9-12-19(14)16-7-10-18(11-8-16)24-22-20-6-4-5-15(2)21-20/h4-13H,1-3H3,(H,21,22). The van der Waals surface area contributed by atoms with Gasteiger partial charge in [0.15, 0.2) is 0 Å². The van der Waals surface area contributed by atoms with Gasteiger partial charge in [-0.3, -0.25) is 0 Å². The Balaban J connectivity index is 1.71. The van der Waals surface area contributed by atoms with Gasteiger partial charge in [0.25, 0.3) is 0 Å². The second-order valence-corrected chi connectivity index (χ2v) is 6.45. The molecule has 3 nitrogen and oxygen atoms in total. The lowest BCUT2D eigenvalue weighted by atomic mass is 10.0. The quantitative estimate of drug-likeness (QED) is 0.624. The summed E-state index contributed by atoms with van der Waals surface area (Å²) in [5.41, 5.74) is 4.64. The molecule has 0 saturated carbocycles. The fraction of sp³-hybridized carbons (Fsp3) is 0.150. The minimum absolute atomic E-state index is 0.870. The Morgan fingerprint density at radius 3 is 2.42 bits per heavy atom. The molecule has 4 heteroatoms. The van der Waals surface area contributed by atoms with Gasteiger partial charge in [-0.2, -0.15) is 0 Å². The minimum Gasteiger partial charge on any atom is -0.497 e. The molecule has 3 rings (SSSR count). The van der Waals surface area contributed by atoms with E-state index in [-0.39, 0.29) is 0 Å². The molecule has 1 aromatic heterocycles. The molecule has 0 aliphatic rings.